The molecule has 6 nitrogen and oxygen atoms in total. The van der Waals surface area contributed by atoms with Crippen molar-refractivity contribution >= 4 is 11.6 Å². The number of rotatable bonds is 6. The monoisotopic (exact) mass is 333 g/mol. The molecule has 1 saturated heterocycles. The Bertz CT molecular complexity index is 597. The van der Waals surface area contributed by atoms with E-state index in [0.717, 1.165) is 31.5 Å². The summed E-state index contributed by atoms with van der Waals surface area (Å²) in [5.74, 6) is 0.955. The lowest BCUT2D eigenvalue weighted by Gasteiger charge is -2.28. The Kier molecular flexibility index (Phi) is 6.31. The summed E-state index contributed by atoms with van der Waals surface area (Å²) in [6.07, 6.45) is 2.74. The number of nitrogens with one attached hydrogen (secondary N) is 2. The lowest BCUT2D eigenvalue weighted by atomic mass is 9.84. The van der Waals surface area contributed by atoms with E-state index < -0.39 is 0 Å². The molecule has 1 aliphatic rings. The van der Waals surface area contributed by atoms with Gasteiger partial charge in [0.2, 0.25) is 5.91 Å². The van der Waals surface area contributed by atoms with Crippen molar-refractivity contribution in [2.24, 2.45) is 11.8 Å². The van der Waals surface area contributed by atoms with Gasteiger partial charge in [0.25, 0.3) is 5.69 Å². The minimum Gasteiger partial charge on any atom is -0.350 e. The van der Waals surface area contributed by atoms with Crippen molar-refractivity contribution in [3.63, 3.8) is 0 Å². The van der Waals surface area contributed by atoms with Crippen LogP contribution in [-0.4, -0.2) is 23.9 Å². The largest absolute Gasteiger partial charge is 0.350 e. The maximum absolute atomic E-state index is 12.3. The Hall–Kier alpha value is -1.95. The fraction of sp³-hybridized carbons (Fsp3) is 0.611. The third kappa shape index (κ3) is 4.77. The molecule has 0 aliphatic carbocycles. The van der Waals surface area contributed by atoms with Crippen molar-refractivity contribution in [2.45, 2.75) is 46.1 Å². The van der Waals surface area contributed by atoms with Crippen molar-refractivity contribution < 1.29 is 9.72 Å². The number of carbonyl (C=O) groups is 1. The minimum atomic E-state index is -0.382. The third-order valence-electron chi connectivity index (χ3n) is 5.00. The fourth-order valence-corrected chi connectivity index (χ4v) is 3.35. The number of amides is 1. The lowest BCUT2D eigenvalue weighted by molar-refractivity contribution is -0.385. The Morgan fingerprint density at radius 1 is 1.38 bits per heavy atom. The van der Waals surface area contributed by atoms with Crippen LogP contribution in [0.25, 0.3) is 0 Å². The molecule has 0 spiro atoms. The van der Waals surface area contributed by atoms with Gasteiger partial charge in [-0.05, 0) is 57.2 Å². The number of nitrogens with zero attached hydrogens (tertiary/aromatic N) is 1. The van der Waals surface area contributed by atoms with Gasteiger partial charge in [0.1, 0.15) is 0 Å². The highest BCUT2D eigenvalue weighted by atomic mass is 16.6. The number of nitro benzene ring substituents is 1. The molecule has 0 radical (unpaired) electrons. The zero-order valence-electron chi connectivity index (χ0n) is 14.7. The molecule has 0 saturated carbocycles. The first-order chi connectivity index (χ1) is 11.4. The molecule has 1 fully saturated rings. The fourth-order valence-electron chi connectivity index (χ4n) is 3.35. The molecule has 2 rings (SSSR count). The maximum atomic E-state index is 12.3. The molecule has 2 unspecified atom stereocenters. The van der Waals surface area contributed by atoms with Gasteiger partial charge in [-0.25, -0.2) is 0 Å². The summed E-state index contributed by atoms with van der Waals surface area (Å²) in [7, 11) is 0. The second-order valence-corrected chi connectivity index (χ2v) is 6.86. The minimum absolute atomic E-state index is 0.0109. The number of benzene rings is 1. The van der Waals surface area contributed by atoms with Crippen LogP contribution in [0.1, 0.15) is 50.3 Å². The van der Waals surface area contributed by atoms with Crippen molar-refractivity contribution in [3.05, 3.63) is 39.4 Å². The first-order valence-corrected chi connectivity index (χ1v) is 8.63. The first kappa shape index (κ1) is 18.4. The van der Waals surface area contributed by atoms with Crippen molar-refractivity contribution in [3.8, 4) is 0 Å². The van der Waals surface area contributed by atoms with Gasteiger partial charge in [0.15, 0.2) is 0 Å². The van der Waals surface area contributed by atoms with Crippen LogP contribution in [0.3, 0.4) is 0 Å². The molecular formula is C18H27N3O3. The van der Waals surface area contributed by atoms with Gasteiger partial charge in [0, 0.05) is 18.1 Å². The highest BCUT2D eigenvalue weighted by Crippen LogP contribution is 2.26. The number of aryl methyl sites for hydroxylation is 1. The van der Waals surface area contributed by atoms with Crippen molar-refractivity contribution in [1.82, 2.24) is 10.6 Å². The highest BCUT2D eigenvalue weighted by molar-refractivity contribution is 5.76. The van der Waals surface area contributed by atoms with E-state index in [1.54, 1.807) is 19.1 Å². The summed E-state index contributed by atoms with van der Waals surface area (Å²) in [5, 5.41) is 17.4. The predicted molar refractivity (Wildman–Crippen MR) is 93.8 cm³/mol. The average Bonchev–Trinajstić information content (AvgIpc) is 2.55. The summed E-state index contributed by atoms with van der Waals surface area (Å²) in [6, 6.07) is 4.88. The molecule has 6 heteroatoms. The number of piperidine rings is 1. The van der Waals surface area contributed by atoms with E-state index >= 15 is 0 Å². The molecule has 1 aromatic rings. The first-order valence-electron chi connectivity index (χ1n) is 8.63. The van der Waals surface area contributed by atoms with E-state index in [0.29, 0.717) is 23.8 Å². The van der Waals surface area contributed by atoms with Crippen LogP contribution in [-0.2, 0) is 4.79 Å². The van der Waals surface area contributed by atoms with E-state index in [2.05, 4.69) is 17.6 Å². The molecule has 2 N–H and O–H groups in total. The summed E-state index contributed by atoms with van der Waals surface area (Å²) >= 11 is 0. The third-order valence-corrected chi connectivity index (χ3v) is 5.00. The van der Waals surface area contributed by atoms with Gasteiger partial charge in [0.05, 0.1) is 11.0 Å². The predicted octanol–water partition coefficient (Wildman–Crippen LogP) is 3.11. The van der Waals surface area contributed by atoms with E-state index in [-0.39, 0.29) is 22.6 Å². The second-order valence-electron chi connectivity index (χ2n) is 6.86. The van der Waals surface area contributed by atoms with Crippen LogP contribution >= 0.6 is 0 Å². The van der Waals surface area contributed by atoms with Crippen molar-refractivity contribution in [2.75, 3.05) is 13.1 Å². The molecular weight excluding hydrogens is 306 g/mol. The smallest absolute Gasteiger partial charge is 0.272 e. The molecule has 1 aromatic carbocycles. The molecule has 0 aromatic heterocycles. The van der Waals surface area contributed by atoms with Crippen LogP contribution in [0, 0.1) is 28.9 Å². The lowest BCUT2D eigenvalue weighted by Crippen LogP contribution is -2.34. The maximum Gasteiger partial charge on any atom is 0.272 e. The normalized spacial score (nSPS) is 18.0. The molecule has 0 bridgehead atoms. The second kappa shape index (κ2) is 8.24. The number of carbonyl (C=O) groups excluding carboxylic acids is 1. The van der Waals surface area contributed by atoms with E-state index in [4.69, 9.17) is 0 Å². The molecule has 1 aliphatic heterocycles. The molecule has 1 amide bonds. The molecule has 132 valence electrons. The highest BCUT2D eigenvalue weighted by Gasteiger charge is 2.23. The van der Waals surface area contributed by atoms with Crippen LogP contribution in [0.2, 0.25) is 0 Å². The van der Waals surface area contributed by atoms with Crippen LogP contribution < -0.4 is 10.6 Å². The van der Waals surface area contributed by atoms with Crippen LogP contribution in [0.4, 0.5) is 5.69 Å². The summed E-state index contributed by atoms with van der Waals surface area (Å²) < 4.78 is 0. The Labute approximate surface area is 143 Å². The van der Waals surface area contributed by atoms with Crippen LogP contribution in [0.5, 0.6) is 0 Å². The van der Waals surface area contributed by atoms with Gasteiger partial charge < -0.3 is 10.6 Å². The summed E-state index contributed by atoms with van der Waals surface area (Å²) in [4.78, 5) is 23.0. The number of hydrogen-bond donors (Lipinski definition) is 2. The van der Waals surface area contributed by atoms with Crippen LogP contribution in [0.15, 0.2) is 18.2 Å². The van der Waals surface area contributed by atoms with Crippen molar-refractivity contribution in [1.29, 1.82) is 0 Å². The Morgan fingerprint density at radius 3 is 2.67 bits per heavy atom. The molecule has 1 heterocycles. The zero-order valence-corrected chi connectivity index (χ0v) is 14.7. The SMILES string of the molecule is Cc1ccc(C(C)NC(=O)CC(C)C2CCNCC2)cc1[N+](=O)[O-]. The zero-order chi connectivity index (χ0) is 17.7. The van der Waals surface area contributed by atoms with Gasteiger partial charge >= 0.3 is 0 Å². The van der Waals surface area contributed by atoms with E-state index in [1.807, 2.05) is 13.0 Å². The summed E-state index contributed by atoms with van der Waals surface area (Å²) in [6.45, 7) is 7.77. The molecule has 24 heavy (non-hydrogen) atoms. The van der Waals surface area contributed by atoms with E-state index in [9.17, 15) is 14.9 Å². The average molecular weight is 333 g/mol. The van der Waals surface area contributed by atoms with Gasteiger partial charge in [-0.2, -0.15) is 0 Å². The van der Waals surface area contributed by atoms with Gasteiger partial charge in [-0.3, -0.25) is 14.9 Å². The topological polar surface area (TPSA) is 84.3 Å². The van der Waals surface area contributed by atoms with Gasteiger partial charge in [-0.1, -0.05) is 19.1 Å². The molecule has 2 atom stereocenters. The quantitative estimate of drug-likeness (QED) is 0.619. The number of nitro groups is 1. The summed E-state index contributed by atoms with van der Waals surface area (Å²) in [5.41, 5.74) is 1.48. The van der Waals surface area contributed by atoms with E-state index in [1.165, 1.54) is 0 Å². The number of hydrogen-bond acceptors (Lipinski definition) is 4. The Morgan fingerprint density at radius 2 is 2.04 bits per heavy atom. The Balaban J connectivity index is 1.93. The van der Waals surface area contributed by atoms with Gasteiger partial charge in [-0.15, -0.1) is 0 Å². The standard InChI is InChI=1S/C18H27N3O3/c1-12-4-5-16(11-17(12)21(23)24)14(3)20-18(22)10-13(2)15-6-8-19-9-7-15/h4-5,11,13-15,19H,6-10H2,1-3H3,(H,20,22).